The summed E-state index contributed by atoms with van der Waals surface area (Å²) in [5.74, 6) is -1.10. The number of anilines is 1. The lowest BCUT2D eigenvalue weighted by molar-refractivity contribution is -0.384. The standard InChI is InChI=1S/C16H23N3O4/c1-16(2,11-18(3)4)10-17-13-7-5-12(6-8-15(20)21)9-14(13)19(22)23/h5-9,17H,10-11H2,1-4H3,(H,20,21)/b8-6+. The van der Waals surface area contributed by atoms with E-state index in [1.54, 1.807) is 12.1 Å². The van der Waals surface area contributed by atoms with Crippen LogP contribution >= 0.6 is 0 Å². The predicted octanol–water partition coefficient (Wildman–Crippen LogP) is 2.69. The fourth-order valence-electron chi connectivity index (χ4n) is 2.37. The quantitative estimate of drug-likeness (QED) is 0.434. The Morgan fingerprint density at radius 3 is 2.61 bits per heavy atom. The van der Waals surface area contributed by atoms with Gasteiger partial charge in [-0.2, -0.15) is 0 Å². The van der Waals surface area contributed by atoms with Crippen LogP contribution in [0.3, 0.4) is 0 Å². The van der Waals surface area contributed by atoms with Gasteiger partial charge in [0.05, 0.1) is 4.92 Å². The smallest absolute Gasteiger partial charge is 0.328 e. The van der Waals surface area contributed by atoms with E-state index in [0.717, 1.165) is 12.6 Å². The number of rotatable bonds is 8. The Balaban J connectivity index is 2.94. The zero-order valence-electron chi connectivity index (χ0n) is 13.9. The highest BCUT2D eigenvalue weighted by molar-refractivity contribution is 5.85. The van der Waals surface area contributed by atoms with Gasteiger partial charge in [-0.1, -0.05) is 19.9 Å². The van der Waals surface area contributed by atoms with Crippen molar-refractivity contribution in [3.05, 3.63) is 40.0 Å². The molecule has 0 aliphatic heterocycles. The van der Waals surface area contributed by atoms with Gasteiger partial charge in [0.1, 0.15) is 5.69 Å². The fourth-order valence-corrected chi connectivity index (χ4v) is 2.37. The maximum Gasteiger partial charge on any atom is 0.328 e. The molecule has 0 saturated heterocycles. The molecule has 0 bridgehead atoms. The zero-order chi connectivity index (χ0) is 17.6. The lowest BCUT2D eigenvalue weighted by atomic mass is 9.93. The molecule has 1 aromatic rings. The van der Waals surface area contributed by atoms with Crippen molar-refractivity contribution in [2.24, 2.45) is 5.41 Å². The van der Waals surface area contributed by atoms with Gasteiger partial charge in [-0.05, 0) is 37.2 Å². The van der Waals surface area contributed by atoms with Gasteiger partial charge in [0.15, 0.2) is 0 Å². The van der Waals surface area contributed by atoms with Crippen molar-refractivity contribution in [2.75, 3.05) is 32.5 Å². The average molecular weight is 321 g/mol. The number of nitro groups is 1. The first-order chi connectivity index (χ1) is 10.6. The van der Waals surface area contributed by atoms with Crippen LogP contribution in [0.4, 0.5) is 11.4 Å². The van der Waals surface area contributed by atoms with E-state index in [0.29, 0.717) is 17.8 Å². The summed E-state index contributed by atoms with van der Waals surface area (Å²) in [6, 6.07) is 4.61. The van der Waals surface area contributed by atoms with E-state index in [-0.39, 0.29) is 11.1 Å². The predicted molar refractivity (Wildman–Crippen MR) is 90.6 cm³/mol. The van der Waals surface area contributed by atoms with Crippen LogP contribution < -0.4 is 5.32 Å². The molecule has 7 nitrogen and oxygen atoms in total. The van der Waals surface area contributed by atoms with Crippen molar-refractivity contribution in [2.45, 2.75) is 13.8 Å². The Hall–Kier alpha value is -2.41. The summed E-state index contributed by atoms with van der Waals surface area (Å²) in [5, 5.41) is 23.0. The molecule has 1 aromatic carbocycles. The number of nitro benzene ring substituents is 1. The summed E-state index contributed by atoms with van der Waals surface area (Å²) in [4.78, 5) is 23.3. The van der Waals surface area contributed by atoms with E-state index in [9.17, 15) is 14.9 Å². The molecule has 0 atom stereocenters. The van der Waals surface area contributed by atoms with Gasteiger partial charge in [0.2, 0.25) is 0 Å². The number of hydrogen-bond donors (Lipinski definition) is 2. The van der Waals surface area contributed by atoms with Gasteiger partial charge < -0.3 is 15.3 Å². The van der Waals surface area contributed by atoms with Crippen LogP contribution in [0.15, 0.2) is 24.3 Å². The molecule has 0 fully saturated rings. The number of carbonyl (C=O) groups is 1. The van der Waals surface area contributed by atoms with E-state index >= 15 is 0 Å². The topological polar surface area (TPSA) is 95.7 Å². The highest BCUT2D eigenvalue weighted by Crippen LogP contribution is 2.28. The summed E-state index contributed by atoms with van der Waals surface area (Å²) in [6.07, 6.45) is 2.28. The fraction of sp³-hybridized carbons (Fsp3) is 0.438. The first kappa shape index (κ1) is 18.6. The van der Waals surface area contributed by atoms with Crippen molar-refractivity contribution in [3.63, 3.8) is 0 Å². The zero-order valence-corrected chi connectivity index (χ0v) is 13.9. The summed E-state index contributed by atoms with van der Waals surface area (Å²) in [6.45, 7) is 5.58. The highest BCUT2D eigenvalue weighted by Gasteiger charge is 2.21. The number of hydrogen-bond acceptors (Lipinski definition) is 5. The van der Waals surface area contributed by atoms with Gasteiger partial charge in [0, 0.05) is 25.2 Å². The highest BCUT2D eigenvalue weighted by atomic mass is 16.6. The molecule has 0 spiro atoms. The van der Waals surface area contributed by atoms with E-state index in [2.05, 4.69) is 24.1 Å². The first-order valence-electron chi connectivity index (χ1n) is 7.19. The second-order valence-electron chi connectivity index (χ2n) is 6.46. The monoisotopic (exact) mass is 321 g/mol. The summed E-state index contributed by atoms with van der Waals surface area (Å²) < 4.78 is 0. The molecule has 0 aliphatic rings. The van der Waals surface area contributed by atoms with E-state index in [1.807, 2.05) is 14.1 Å². The maximum atomic E-state index is 11.2. The molecule has 2 N–H and O–H groups in total. The molecule has 0 heterocycles. The van der Waals surface area contributed by atoms with Crippen LogP contribution in [-0.2, 0) is 4.79 Å². The molecular formula is C16H23N3O4. The number of carboxylic acid groups (broad SMARTS) is 1. The minimum atomic E-state index is -1.10. The Morgan fingerprint density at radius 1 is 1.43 bits per heavy atom. The normalized spacial score (nSPS) is 11.9. The lowest BCUT2D eigenvalue weighted by Gasteiger charge is -2.28. The van der Waals surface area contributed by atoms with Crippen molar-refractivity contribution in [3.8, 4) is 0 Å². The minimum Gasteiger partial charge on any atom is -0.478 e. The van der Waals surface area contributed by atoms with E-state index in [4.69, 9.17) is 5.11 Å². The van der Waals surface area contributed by atoms with Crippen molar-refractivity contribution < 1.29 is 14.8 Å². The number of nitrogens with one attached hydrogen (secondary N) is 1. The largest absolute Gasteiger partial charge is 0.478 e. The average Bonchev–Trinajstić information content (AvgIpc) is 2.41. The second-order valence-corrected chi connectivity index (χ2v) is 6.46. The second kappa shape index (κ2) is 7.73. The molecule has 0 radical (unpaired) electrons. The van der Waals surface area contributed by atoms with Gasteiger partial charge in [-0.25, -0.2) is 4.79 Å². The van der Waals surface area contributed by atoms with Gasteiger partial charge in [0.25, 0.3) is 5.69 Å². The van der Waals surface area contributed by atoms with Crippen molar-refractivity contribution >= 4 is 23.4 Å². The van der Waals surface area contributed by atoms with Crippen LogP contribution in [0.1, 0.15) is 19.4 Å². The third kappa shape index (κ3) is 6.48. The maximum absolute atomic E-state index is 11.2. The van der Waals surface area contributed by atoms with Crippen molar-refractivity contribution in [1.29, 1.82) is 0 Å². The van der Waals surface area contributed by atoms with Gasteiger partial charge in [-0.15, -0.1) is 0 Å². The number of benzene rings is 1. The van der Waals surface area contributed by atoms with E-state index in [1.165, 1.54) is 12.1 Å². The summed E-state index contributed by atoms with van der Waals surface area (Å²) >= 11 is 0. The Morgan fingerprint density at radius 2 is 2.09 bits per heavy atom. The van der Waals surface area contributed by atoms with Crippen LogP contribution in [0.25, 0.3) is 6.08 Å². The van der Waals surface area contributed by atoms with Crippen LogP contribution in [-0.4, -0.2) is 48.1 Å². The third-order valence-corrected chi connectivity index (χ3v) is 3.14. The molecule has 0 unspecified atom stereocenters. The molecule has 0 aromatic heterocycles. The minimum absolute atomic E-state index is 0.0563. The Bertz CT molecular complexity index is 609. The van der Waals surface area contributed by atoms with Crippen molar-refractivity contribution in [1.82, 2.24) is 4.90 Å². The van der Waals surface area contributed by atoms with Crippen LogP contribution in [0.5, 0.6) is 0 Å². The van der Waals surface area contributed by atoms with Crippen LogP contribution in [0, 0.1) is 15.5 Å². The number of aliphatic carboxylic acids is 1. The number of nitrogens with zero attached hydrogens (tertiary/aromatic N) is 2. The Kier molecular flexibility index (Phi) is 6.27. The third-order valence-electron chi connectivity index (χ3n) is 3.14. The molecule has 23 heavy (non-hydrogen) atoms. The molecule has 7 heteroatoms. The first-order valence-corrected chi connectivity index (χ1v) is 7.19. The summed E-state index contributed by atoms with van der Waals surface area (Å²) in [7, 11) is 3.96. The molecule has 0 saturated carbocycles. The van der Waals surface area contributed by atoms with Gasteiger partial charge >= 0.3 is 5.97 Å². The number of carboxylic acids is 1. The van der Waals surface area contributed by atoms with E-state index < -0.39 is 10.9 Å². The molecule has 0 amide bonds. The SMILES string of the molecule is CN(C)CC(C)(C)CNc1ccc(/C=C/C(=O)O)cc1[N+](=O)[O-]. The summed E-state index contributed by atoms with van der Waals surface area (Å²) in [5.41, 5.74) is 0.767. The Labute approximate surface area is 135 Å². The molecular weight excluding hydrogens is 298 g/mol. The van der Waals surface area contributed by atoms with Crippen LogP contribution in [0.2, 0.25) is 0 Å². The van der Waals surface area contributed by atoms with Gasteiger partial charge in [-0.3, -0.25) is 10.1 Å². The molecule has 1 rings (SSSR count). The molecule has 0 aliphatic carbocycles. The lowest BCUT2D eigenvalue weighted by Crippen LogP contribution is -2.34. The molecule has 126 valence electrons.